The molecular formula is C17H15F2N3OS2. The van der Waals surface area contributed by atoms with Gasteiger partial charge in [0.15, 0.2) is 5.16 Å². The summed E-state index contributed by atoms with van der Waals surface area (Å²) in [4.78, 5) is 17.0. The van der Waals surface area contributed by atoms with Crippen molar-refractivity contribution >= 4 is 46.2 Å². The number of aromatic nitrogens is 2. The molecule has 0 saturated heterocycles. The molecule has 130 valence electrons. The lowest BCUT2D eigenvalue weighted by Gasteiger charge is -2.06. The number of anilines is 1. The van der Waals surface area contributed by atoms with Crippen LogP contribution in [0.4, 0.5) is 14.5 Å². The Morgan fingerprint density at radius 2 is 1.92 bits per heavy atom. The molecule has 1 aromatic heterocycles. The van der Waals surface area contributed by atoms with Gasteiger partial charge in [0.1, 0.15) is 0 Å². The van der Waals surface area contributed by atoms with Crippen LogP contribution in [0.15, 0.2) is 58.6 Å². The number of rotatable bonds is 6. The van der Waals surface area contributed by atoms with Gasteiger partial charge in [-0.05, 0) is 36.4 Å². The molecule has 1 amide bonds. The minimum Gasteiger partial charge on any atom is -0.325 e. The van der Waals surface area contributed by atoms with E-state index < -0.39 is 5.76 Å². The van der Waals surface area contributed by atoms with E-state index in [2.05, 4.69) is 10.3 Å². The Morgan fingerprint density at radius 3 is 2.60 bits per heavy atom. The minimum atomic E-state index is -2.45. The number of benzene rings is 2. The first-order valence-electron chi connectivity index (χ1n) is 7.42. The lowest BCUT2D eigenvalue weighted by molar-refractivity contribution is -0.113. The highest BCUT2D eigenvalue weighted by Gasteiger charge is 2.11. The zero-order valence-electron chi connectivity index (χ0n) is 13.3. The molecule has 25 heavy (non-hydrogen) atoms. The Kier molecular flexibility index (Phi) is 5.60. The summed E-state index contributed by atoms with van der Waals surface area (Å²) >= 11 is 1.82. The number of alkyl halides is 2. The van der Waals surface area contributed by atoms with Crippen LogP contribution in [0.1, 0.15) is 0 Å². The maximum atomic E-state index is 12.3. The van der Waals surface area contributed by atoms with Crippen molar-refractivity contribution in [2.24, 2.45) is 7.05 Å². The highest BCUT2D eigenvalue weighted by molar-refractivity contribution is 8.00. The van der Waals surface area contributed by atoms with E-state index in [1.165, 1.54) is 11.8 Å². The number of aryl methyl sites for hydroxylation is 1. The molecule has 1 heterocycles. The molecule has 0 unspecified atom stereocenters. The molecule has 3 rings (SSSR count). The monoisotopic (exact) mass is 379 g/mol. The van der Waals surface area contributed by atoms with Crippen LogP contribution >= 0.6 is 23.5 Å². The fraction of sp³-hybridized carbons (Fsp3) is 0.176. The van der Waals surface area contributed by atoms with Crippen molar-refractivity contribution in [2.45, 2.75) is 15.8 Å². The zero-order valence-corrected chi connectivity index (χ0v) is 14.9. The molecule has 0 aliphatic heterocycles. The third-order valence-corrected chi connectivity index (χ3v) is 5.19. The number of imidazole rings is 1. The highest BCUT2D eigenvalue weighted by Crippen LogP contribution is 2.26. The Bertz CT molecular complexity index is 881. The molecule has 0 aliphatic carbocycles. The predicted molar refractivity (Wildman–Crippen MR) is 98.4 cm³/mol. The Hall–Kier alpha value is -2.06. The molecule has 3 aromatic rings. The van der Waals surface area contributed by atoms with Crippen LogP contribution in [0.3, 0.4) is 0 Å². The van der Waals surface area contributed by atoms with E-state index in [0.717, 1.165) is 16.2 Å². The van der Waals surface area contributed by atoms with Gasteiger partial charge < -0.3 is 9.88 Å². The summed E-state index contributed by atoms with van der Waals surface area (Å²) in [5.74, 6) is -2.42. The van der Waals surface area contributed by atoms with E-state index in [4.69, 9.17) is 0 Å². The quantitative estimate of drug-likeness (QED) is 0.635. The Labute approximate surface area is 152 Å². The number of carbonyl (C=O) groups is 1. The molecule has 0 radical (unpaired) electrons. The average Bonchev–Trinajstić information content (AvgIpc) is 2.91. The summed E-state index contributed by atoms with van der Waals surface area (Å²) in [6.07, 6.45) is 0. The van der Waals surface area contributed by atoms with E-state index >= 15 is 0 Å². The van der Waals surface area contributed by atoms with Gasteiger partial charge >= 0.3 is 0 Å². The number of amides is 1. The second-order valence-electron chi connectivity index (χ2n) is 5.18. The van der Waals surface area contributed by atoms with Crippen molar-refractivity contribution in [3.05, 3.63) is 48.5 Å². The first-order valence-corrected chi connectivity index (χ1v) is 9.28. The normalized spacial score (nSPS) is 11.2. The predicted octanol–water partition coefficient (Wildman–Crippen LogP) is 4.62. The fourth-order valence-electron chi connectivity index (χ4n) is 2.30. The van der Waals surface area contributed by atoms with Crippen molar-refractivity contribution < 1.29 is 13.6 Å². The highest BCUT2D eigenvalue weighted by atomic mass is 32.2. The molecule has 4 nitrogen and oxygen atoms in total. The van der Waals surface area contributed by atoms with Crippen LogP contribution in [0.2, 0.25) is 0 Å². The molecule has 8 heteroatoms. The van der Waals surface area contributed by atoms with Crippen molar-refractivity contribution in [1.29, 1.82) is 0 Å². The van der Waals surface area contributed by atoms with E-state index in [1.54, 1.807) is 24.3 Å². The van der Waals surface area contributed by atoms with E-state index in [0.29, 0.717) is 22.3 Å². The van der Waals surface area contributed by atoms with Crippen LogP contribution in [-0.2, 0) is 11.8 Å². The van der Waals surface area contributed by atoms with E-state index in [-0.39, 0.29) is 11.7 Å². The van der Waals surface area contributed by atoms with Crippen LogP contribution in [0, 0.1) is 0 Å². The van der Waals surface area contributed by atoms with E-state index in [9.17, 15) is 13.6 Å². The summed E-state index contributed by atoms with van der Waals surface area (Å²) < 4.78 is 26.5. The molecule has 0 bridgehead atoms. The second kappa shape index (κ2) is 7.88. The summed E-state index contributed by atoms with van der Waals surface area (Å²) in [5.41, 5.74) is 2.48. The number of nitrogens with zero attached hydrogens (tertiary/aromatic N) is 2. The summed E-state index contributed by atoms with van der Waals surface area (Å²) in [5, 5.41) is 3.52. The molecule has 2 aromatic carbocycles. The smallest absolute Gasteiger partial charge is 0.288 e. The van der Waals surface area contributed by atoms with Gasteiger partial charge in [-0.2, -0.15) is 8.78 Å². The lowest BCUT2D eigenvalue weighted by atomic mass is 10.3. The standard InChI is InChI=1S/C17H15F2N3OS2/c1-22-14-5-3-2-4-13(14)21-17(22)24-10-15(23)20-11-6-8-12(9-7-11)25-16(18)19/h2-9,16H,10H2,1H3,(H,20,23). The van der Waals surface area contributed by atoms with Gasteiger partial charge in [-0.3, -0.25) is 4.79 Å². The molecule has 0 fully saturated rings. The zero-order chi connectivity index (χ0) is 17.8. The van der Waals surface area contributed by atoms with E-state index in [1.807, 2.05) is 35.9 Å². The Morgan fingerprint density at radius 1 is 1.20 bits per heavy atom. The largest absolute Gasteiger partial charge is 0.325 e. The number of nitrogens with one attached hydrogen (secondary N) is 1. The second-order valence-corrected chi connectivity index (χ2v) is 7.19. The number of carbonyl (C=O) groups excluding carboxylic acids is 1. The number of thioether (sulfide) groups is 2. The first-order chi connectivity index (χ1) is 12.0. The maximum Gasteiger partial charge on any atom is 0.288 e. The summed E-state index contributed by atoms with van der Waals surface area (Å²) in [7, 11) is 1.91. The number of para-hydroxylation sites is 2. The van der Waals surface area contributed by atoms with Crippen molar-refractivity contribution in [1.82, 2.24) is 9.55 Å². The van der Waals surface area contributed by atoms with Gasteiger partial charge in [0, 0.05) is 17.6 Å². The van der Waals surface area contributed by atoms with Gasteiger partial charge in [-0.25, -0.2) is 4.98 Å². The molecule has 0 spiro atoms. The number of hydrogen-bond donors (Lipinski definition) is 1. The summed E-state index contributed by atoms with van der Waals surface area (Å²) in [6.45, 7) is 0. The number of fused-ring (bicyclic) bond motifs is 1. The molecule has 0 aliphatic rings. The van der Waals surface area contributed by atoms with Gasteiger partial charge in [-0.1, -0.05) is 35.7 Å². The average molecular weight is 379 g/mol. The SMILES string of the molecule is Cn1c(SCC(=O)Nc2ccc(SC(F)F)cc2)nc2ccccc21. The third-order valence-electron chi connectivity index (χ3n) is 3.44. The third kappa shape index (κ3) is 4.52. The van der Waals surface area contributed by atoms with Crippen molar-refractivity contribution in [2.75, 3.05) is 11.1 Å². The first kappa shape index (κ1) is 17.8. The molecule has 0 saturated carbocycles. The topological polar surface area (TPSA) is 46.9 Å². The fourth-order valence-corrected chi connectivity index (χ4v) is 3.59. The molecule has 0 atom stereocenters. The van der Waals surface area contributed by atoms with Crippen LogP contribution < -0.4 is 5.32 Å². The van der Waals surface area contributed by atoms with Gasteiger partial charge in [0.25, 0.3) is 5.76 Å². The van der Waals surface area contributed by atoms with Crippen LogP contribution in [-0.4, -0.2) is 27.0 Å². The van der Waals surface area contributed by atoms with Gasteiger partial charge in [0.05, 0.1) is 16.8 Å². The maximum absolute atomic E-state index is 12.3. The van der Waals surface area contributed by atoms with Crippen LogP contribution in [0.5, 0.6) is 0 Å². The molecule has 1 N–H and O–H groups in total. The Balaban J connectivity index is 1.58. The lowest BCUT2D eigenvalue weighted by Crippen LogP contribution is -2.14. The van der Waals surface area contributed by atoms with Crippen molar-refractivity contribution in [3.63, 3.8) is 0 Å². The minimum absolute atomic E-state index is 0.175. The van der Waals surface area contributed by atoms with Crippen molar-refractivity contribution in [3.8, 4) is 0 Å². The van der Waals surface area contributed by atoms with Gasteiger partial charge in [0.2, 0.25) is 5.91 Å². The number of halogens is 2. The molecular weight excluding hydrogens is 364 g/mol. The van der Waals surface area contributed by atoms with Gasteiger partial charge in [-0.15, -0.1) is 0 Å². The summed E-state index contributed by atoms with van der Waals surface area (Å²) in [6, 6.07) is 14.1. The van der Waals surface area contributed by atoms with Crippen LogP contribution in [0.25, 0.3) is 11.0 Å². The number of hydrogen-bond acceptors (Lipinski definition) is 4.